The van der Waals surface area contributed by atoms with E-state index < -0.39 is 5.97 Å². The lowest BCUT2D eigenvalue weighted by atomic mass is 10.1. The van der Waals surface area contributed by atoms with Gasteiger partial charge < -0.3 is 9.84 Å². The number of ether oxygens (including phenoxy) is 1. The Morgan fingerprint density at radius 2 is 2.24 bits per heavy atom. The molecule has 0 saturated carbocycles. The Bertz CT molecular complexity index is 410. The molecule has 0 aliphatic carbocycles. The number of carboxylic acids is 1. The number of halogens is 1. The van der Waals surface area contributed by atoms with Crippen LogP contribution in [-0.4, -0.2) is 27.7 Å². The van der Waals surface area contributed by atoms with Crippen molar-refractivity contribution < 1.29 is 14.6 Å². The smallest absolute Gasteiger partial charge is 0.355 e. The van der Waals surface area contributed by atoms with E-state index in [0.717, 1.165) is 0 Å². The van der Waals surface area contributed by atoms with Crippen molar-refractivity contribution in [2.75, 3.05) is 6.61 Å². The molecule has 94 valence electrons. The summed E-state index contributed by atoms with van der Waals surface area (Å²) in [4.78, 5) is 19.1. The average Bonchev–Trinajstić information content (AvgIpc) is 2.26. The van der Waals surface area contributed by atoms with E-state index in [-0.39, 0.29) is 17.7 Å². The number of carbonyl (C=O) groups is 1. The van der Waals surface area contributed by atoms with E-state index in [9.17, 15) is 4.79 Å². The molecule has 0 saturated heterocycles. The van der Waals surface area contributed by atoms with Crippen molar-refractivity contribution in [3.05, 3.63) is 22.2 Å². The Labute approximate surface area is 108 Å². The molecule has 5 nitrogen and oxygen atoms in total. The Morgan fingerprint density at radius 1 is 1.59 bits per heavy atom. The second-order valence-electron chi connectivity index (χ2n) is 3.85. The van der Waals surface area contributed by atoms with Gasteiger partial charge in [0.25, 0.3) is 0 Å². The molecule has 0 fully saturated rings. The van der Waals surface area contributed by atoms with E-state index in [2.05, 4.69) is 25.9 Å². The summed E-state index contributed by atoms with van der Waals surface area (Å²) >= 11 is 3.11. The zero-order valence-electron chi connectivity index (χ0n) is 9.98. The first-order chi connectivity index (χ1) is 7.97. The van der Waals surface area contributed by atoms with Crippen LogP contribution < -0.4 is 0 Å². The SMILES string of the molecule is CCOC(c1ncc(Br)c(C(=O)O)n1)C(C)C. The van der Waals surface area contributed by atoms with Crippen LogP contribution in [0.4, 0.5) is 0 Å². The molecular weight excluding hydrogens is 288 g/mol. The minimum atomic E-state index is -1.08. The third-order valence-electron chi connectivity index (χ3n) is 2.17. The van der Waals surface area contributed by atoms with Crippen LogP contribution in [0.5, 0.6) is 0 Å². The van der Waals surface area contributed by atoms with Crippen LogP contribution in [0.3, 0.4) is 0 Å². The molecule has 1 aromatic heterocycles. The van der Waals surface area contributed by atoms with Gasteiger partial charge >= 0.3 is 5.97 Å². The minimum Gasteiger partial charge on any atom is -0.476 e. The molecule has 1 heterocycles. The average molecular weight is 303 g/mol. The zero-order valence-corrected chi connectivity index (χ0v) is 11.6. The normalized spacial score (nSPS) is 12.8. The van der Waals surface area contributed by atoms with E-state index in [0.29, 0.717) is 16.9 Å². The van der Waals surface area contributed by atoms with Crippen molar-refractivity contribution in [1.82, 2.24) is 9.97 Å². The standard InChI is InChI=1S/C11H15BrN2O3/c1-4-17-9(6(2)3)10-13-5-7(12)8(14-10)11(15)16/h5-6,9H,4H2,1-3H3,(H,15,16). The third-order valence-corrected chi connectivity index (χ3v) is 2.75. The van der Waals surface area contributed by atoms with Crippen LogP contribution in [0.2, 0.25) is 0 Å². The summed E-state index contributed by atoms with van der Waals surface area (Å²) in [6.45, 7) is 6.37. The molecule has 0 aliphatic heterocycles. The maximum Gasteiger partial charge on any atom is 0.355 e. The van der Waals surface area contributed by atoms with Crippen molar-refractivity contribution in [3.8, 4) is 0 Å². The van der Waals surface area contributed by atoms with Gasteiger partial charge in [-0.3, -0.25) is 0 Å². The van der Waals surface area contributed by atoms with Crippen molar-refractivity contribution in [2.24, 2.45) is 5.92 Å². The molecule has 1 rings (SSSR count). The van der Waals surface area contributed by atoms with Gasteiger partial charge in [-0.15, -0.1) is 0 Å². The highest BCUT2D eigenvalue weighted by atomic mass is 79.9. The predicted molar refractivity (Wildman–Crippen MR) is 65.9 cm³/mol. The van der Waals surface area contributed by atoms with Gasteiger partial charge in [-0.25, -0.2) is 14.8 Å². The van der Waals surface area contributed by atoms with E-state index in [1.807, 2.05) is 20.8 Å². The van der Waals surface area contributed by atoms with Crippen molar-refractivity contribution in [2.45, 2.75) is 26.9 Å². The second kappa shape index (κ2) is 6.07. The number of rotatable bonds is 5. The van der Waals surface area contributed by atoms with Crippen LogP contribution in [0, 0.1) is 5.92 Å². The molecule has 0 aliphatic rings. The lowest BCUT2D eigenvalue weighted by Crippen LogP contribution is -2.16. The molecule has 17 heavy (non-hydrogen) atoms. The summed E-state index contributed by atoms with van der Waals surface area (Å²) in [6, 6.07) is 0. The largest absolute Gasteiger partial charge is 0.476 e. The summed E-state index contributed by atoms with van der Waals surface area (Å²) in [5.41, 5.74) is -0.0413. The van der Waals surface area contributed by atoms with Crippen molar-refractivity contribution in [3.63, 3.8) is 0 Å². The fraction of sp³-hybridized carbons (Fsp3) is 0.545. The number of nitrogens with zero attached hydrogens (tertiary/aromatic N) is 2. The first-order valence-electron chi connectivity index (χ1n) is 5.34. The Balaban J connectivity index is 3.12. The summed E-state index contributed by atoms with van der Waals surface area (Å²) < 4.78 is 5.90. The lowest BCUT2D eigenvalue weighted by Gasteiger charge is -2.19. The quantitative estimate of drug-likeness (QED) is 0.905. The highest BCUT2D eigenvalue weighted by Crippen LogP contribution is 2.24. The van der Waals surface area contributed by atoms with Gasteiger partial charge in [-0.1, -0.05) is 13.8 Å². The summed E-state index contributed by atoms with van der Waals surface area (Å²) in [6.07, 6.45) is 1.16. The highest BCUT2D eigenvalue weighted by molar-refractivity contribution is 9.10. The van der Waals surface area contributed by atoms with E-state index >= 15 is 0 Å². The van der Waals surface area contributed by atoms with Crippen LogP contribution >= 0.6 is 15.9 Å². The molecular formula is C11H15BrN2O3. The first-order valence-corrected chi connectivity index (χ1v) is 6.14. The van der Waals surface area contributed by atoms with Gasteiger partial charge in [0.2, 0.25) is 0 Å². The summed E-state index contributed by atoms with van der Waals surface area (Å²) in [5, 5.41) is 8.98. The van der Waals surface area contributed by atoms with Crippen molar-refractivity contribution >= 4 is 21.9 Å². The monoisotopic (exact) mass is 302 g/mol. The predicted octanol–water partition coefficient (Wildman–Crippen LogP) is 2.67. The molecule has 0 amide bonds. The molecule has 1 unspecified atom stereocenters. The fourth-order valence-electron chi connectivity index (χ4n) is 1.41. The van der Waals surface area contributed by atoms with Gasteiger partial charge in [0.15, 0.2) is 11.5 Å². The van der Waals surface area contributed by atoms with Gasteiger partial charge in [-0.2, -0.15) is 0 Å². The molecule has 0 spiro atoms. The molecule has 6 heteroatoms. The molecule has 1 aromatic rings. The number of aromatic nitrogens is 2. The van der Waals surface area contributed by atoms with Crippen LogP contribution in [0.25, 0.3) is 0 Å². The number of carboxylic acid groups (broad SMARTS) is 1. The van der Waals surface area contributed by atoms with Crippen LogP contribution in [0.1, 0.15) is 43.2 Å². The minimum absolute atomic E-state index is 0.0413. The Kier molecular flexibility index (Phi) is 5.02. The molecule has 1 atom stereocenters. The summed E-state index contributed by atoms with van der Waals surface area (Å²) in [5.74, 6) is -0.500. The fourth-order valence-corrected chi connectivity index (χ4v) is 1.77. The van der Waals surface area contributed by atoms with E-state index in [1.54, 1.807) is 0 Å². The molecule has 0 bridgehead atoms. The first kappa shape index (κ1) is 14.1. The highest BCUT2D eigenvalue weighted by Gasteiger charge is 2.21. The van der Waals surface area contributed by atoms with E-state index in [4.69, 9.17) is 9.84 Å². The molecule has 1 N–H and O–H groups in total. The zero-order chi connectivity index (χ0) is 13.0. The van der Waals surface area contributed by atoms with Gasteiger partial charge in [0.05, 0.1) is 4.47 Å². The van der Waals surface area contributed by atoms with Gasteiger partial charge in [0, 0.05) is 12.8 Å². The van der Waals surface area contributed by atoms with E-state index in [1.165, 1.54) is 6.20 Å². The summed E-state index contributed by atoms with van der Waals surface area (Å²) in [7, 11) is 0. The Morgan fingerprint density at radius 3 is 2.71 bits per heavy atom. The maximum absolute atomic E-state index is 11.0. The topological polar surface area (TPSA) is 72.3 Å². The van der Waals surface area contributed by atoms with Gasteiger partial charge in [-0.05, 0) is 28.8 Å². The molecule has 0 aromatic carbocycles. The second-order valence-corrected chi connectivity index (χ2v) is 4.70. The Hall–Kier alpha value is -1.01. The maximum atomic E-state index is 11.0. The van der Waals surface area contributed by atoms with Crippen molar-refractivity contribution in [1.29, 1.82) is 0 Å². The lowest BCUT2D eigenvalue weighted by molar-refractivity contribution is 0.0229. The third kappa shape index (κ3) is 3.47. The van der Waals surface area contributed by atoms with Gasteiger partial charge in [0.1, 0.15) is 6.10 Å². The number of hydrogen-bond acceptors (Lipinski definition) is 4. The number of aromatic carboxylic acids is 1. The number of hydrogen-bond donors (Lipinski definition) is 1. The van der Waals surface area contributed by atoms with Crippen LogP contribution in [0.15, 0.2) is 10.7 Å². The van der Waals surface area contributed by atoms with Crippen LogP contribution in [-0.2, 0) is 4.74 Å². The molecule has 0 radical (unpaired) electrons.